The first-order valence-corrected chi connectivity index (χ1v) is 8.96. The third kappa shape index (κ3) is 6.03. The summed E-state index contributed by atoms with van der Waals surface area (Å²) in [4.78, 5) is 26.1. The second kappa shape index (κ2) is 9.51. The average Bonchev–Trinajstić information content (AvgIpc) is 3.09. The molecule has 1 fully saturated rings. The molecule has 0 aliphatic carbocycles. The number of ether oxygens (including phenoxy) is 1. The van der Waals surface area contributed by atoms with Crippen molar-refractivity contribution in [1.29, 1.82) is 0 Å². The van der Waals surface area contributed by atoms with Crippen LogP contribution in [0.1, 0.15) is 12.8 Å². The minimum Gasteiger partial charge on any atom is -0.492 e. The van der Waals surface area contributed by atoms with Crippen LogP contribution in [0.2, 0.25) is 0 Å². The molecule has 1 heterocycles. The molecule has 1 aliphatic rings. The van der Waals surface area contributed by atoms with Gasteiger partial charge in [-0.3, -0.25) is 4.79 Å². The summed E-state index contributed by atoms with van der Waals surface area (Å²) in [6.45, 7) is 2.25. The lowest BCUT2D eigenvalue weighted by Gasteiger charge is -2.18. The number of benzene rings is 1. The Kier molecular flexibility index (Phi) is 7.36. The molecule has 1 N–H and O–H groups in total. The Morgan fingerprint density at radius 1 is 1.25 bits per heavy atom. The molecule has 0 unspecified atom stereocenters. The van der Waals surface area contributed by atoms with E-state index in [1.54, 1.807) is 11.0 Å². The summed E-state index contributed by atoms with van der Waals surface area (Å²) in [6.07, 6.45) is 4.10. The quantitative estimate of drug-likeness (QED) is 0.519. The van der Waals surface area contributed by atoms with Gasteiger partial charge in [0.2, 0.25) is 5.91 Å². The van der Waals surface area contributed by atoms with Crippen LogP contribution in [0, 0.1) is 3.57 Å². The SMILES string of the molecule is O=C(O)N(C/C=C/C(=O)N1CCCC1)CCOc1ccc(I)cc1. The monoisotopic (exact) mass is 444 g/mol. The first kappa shape index (κ1) is 18.6. The molecule has 0 spiro atoms. The highest BCUT2D eigenvalue weighted by molar-refractivity contribution is 14.1. The van der Waals surface area contributed by atoms with Gasteiger partial charge in [-0.1, -0.05) is 6.08 Å². The highest BCUT2D eigenvalue weighted by Crippen LogP contribution is 2.13. The van der Waals surface area contributed by atoms with Crippen LogP contribution < -0.4 is 4.74 Å². The van der Waals surface area contributed by atoms with Crippen molar-refractivity contribution in [3.05, 3.63) is 40.0 Å². The minimum atomic E-state index is -1.03. The Balaban J connectivity index is 1.75. The average molecular weight is 444 g/mol. The molecule has 130 valence electrons. The molecule has 0 bridgehead atoms. The van der Waals surface area contributed by atoms with Crippen LogP contribution in [-0.2, 0) is 4.79 Å². The maximum absolute atomic E-state index is 11.9. The van der Waals surface area contributed by atoms with Crippen LogP contribution in [0.15, 0.2) is 36.4 Å². The predicted octanol–water partition coefficient (Wildman–Crippen LogP) is 2.83. The second-order valence-corrected chi connectivity index (χ2v) is 6.71. The Bertz CT molecular complexity index is 583. The van der Waals surface area contributed by atoms with Crippen molar-refractivity contribution in [3.63, 3.8) is 0 Å². The van der Waals surface area contributed by atoms with Gasteiger partial charge in [0.25, 0.3) is 0 Å². The molecule has 24 heavy (non-hydrogen) atoms. The zero-order valence-electron chi connectivity index (χ0n) is 13.4. The molecule has 7 heteroatoms. The van der Waals surface area contributed by atoms with E-state index >= 15 is 0 Å². The summed E-state index contributed by atoms with van der Waals surface area (Å²) >= 11 is 2.21. The largest absolute Gasteiger partial charge is 0.492 e. The Morgan fingerprint density at radius 3 is 2.54 bits per heavy atom. The van der Waals surface area contributed by atoms with Crippen molar-refractivity contribution in [2.45, 2.75) is 12.8 Å². The number of carbonyl (C=O) groups excluding carboxylic acids is 1. The topological polar surface area (TPSA) is 70.1 Å². The van der Waals surface area contributed by atoms with E-state index in [0.717, 1.165) is 29.5 Å². The van der Waals surface area contributed by atoms with Crippen LogP contribution in [0.4, 0.5) is 4.79 Å². The zero-order valence-corrected chi connectivity index (χ0v) is 15.5. The minimum absolute atomic E-state index is 0.0482. The van der Waals surface area contributed by atoms with Gasteiger partial charge in [-0.2, -0.15) is 0 Å². The fraction of sp³-hybridized carbons (Fsp3) is 0.412. The Morgan fingerprint density at radius 2 is 1.92 bits per heavy atom. The van der Waals surface area contributed by atoms with Crippen molar-refractivity contribution in [1.82, 2.24) is 9.80 Å². The van der Waals surface area contributed by atoms with Crippen molar-refractivity contribution in [3.8, 4) is 5.75 Å². The molecule has 0 aromatic heterocycles. The van der Waals surface area contributed by atoms with E-state index in [2.05, 4.69) is 22.6 Å². The Hall–Kier alpha value is -1.77. The van der Waals surface area contributed by atoms with Gasteiger partial charge in [-0.05, 0) is 59.7 Å². The predicted molar refractivity (Wildman–Crippen MR) is 99.2 cm³/mol. The van der Waals surface area contributed by atoms with Crippen LogP contribution in [-0.4, -0.2) is 59.7 Å². The molecule has 0 saturated carbocycles. The smallest absolute Gasteiger partial charge is 0.407 e. The summed E-state index contributed by atoms with van der Waals surface area (Å²) in [5.41, 5.74) is 0. The summed E-state index contributed by atoms with van der Waals surface area (Å²) in [6, 6.07) is 7.55. The molecule has 1 aliphatic heterocycles. The van der Waals surface area contributed by atoms with Gasteiger partial charge in [0.05, 0.1) is 6.54 Å². The lowest BCUT2D eigenvalue weighted by Crippen LogP contribution is -2.33. The van der Waals surface area contributed by atoms with Gasteiger partial charge >= 0.3 is 6.09 Å². The van der Waals surface area contributed by atoms with Gasteiger partial charge in [-0.25, -0.2) is 4.79 Å². The van der Waals surface area contributed by atoms with Gasteiger partial charge < -0.3 is 19.6 Å². The summed E-state index contributed by atoms with van der Waals surface area (Å²) < 4.78 is 6.65. The molecule has 0 atom stereocenters. The standard InChI is InChI=1S/C17H21IN2O4/c18-14-5-7-15(8-6-14)24-13-12-20(17(22)23)11-3-4-16(21)19-9-1-2-10-19/h3-8H,1-2,9-13H2,(H,22,23)/b4-3+. The van der Waals surface area contributed by atoms with Gasteiger partial charge in [0, 0.05) is 29.3 Å². The third-order valence-corrected chi connectivity index (χ3v) is 4.44. The Labute approximate surface area is 155 Å². The first-order valence-electron chi connectivity index (χ1n) is 7.88. The number of carboxylic acid groups (broad SMARTS) is 1. The molecule has 0 radical (unpaired) electrons. The number of hydrogen-bond acceptors (Lipinski definition) is 3. The molecular formula is C17H21IN2O4. The molecule has 2 rings (SSSR count). The zero-order chi connectivity index (χ0) is 17.4. The van der Waals surface area contributed by atoms with Crippen LogP contribution in [0.3, 0.4) is 0 Å². The number of rotatable bonds is 7. The van der Waals surface area contributed by atoms with Crippen molar-refractivity contribution >= 4 is 34.6 Å². The molecule has 1 aromatic carbocycles. The van der Waals surface area contributed by atoms with E-state index in [1.165, 1.54) is 11.0 Å². The number of halogens is 1. The molecule has 2 amide bonds. The number of carbonyl (C=O) groups is 2. The number of hydrogen-bond donors (Lipinski definition) is 1. The van der Waals surface area contributed by atoms with Crippen molar-refractivity contribution in [2.24, 2.45) is 0 Å². The van der Waals surface area contributed by atoms with Crippen molar-refractivity contribution < 1.29 is 19.4 Å². The third-order valence-electron chi connectivity index (χ3n) is 3.72. The maximum Gasteiger partial charge on any atom is 0.407 e. The molecule has 1 saturated heterocycles. The molecule has 1 aromatic rings. The van der Waals surface area contributed by atoms with Crippen LogP contribution >= 0.6 is 22.6 Å². The number of nitrogens with zero attached hydrogens (tertiary/aromatic N) is 2. The van der Waals surface area contributed by atoms with Gasteiger partial charge in [0.1, 0.15) is 12.4 Å². The second-order valence-electron chi connectivity index (χ2n) is 5.47. The van der Waals surface area contributed by atoms with Crippen LogP contribution in [0.5, 0.6) is 5.75 Å². The fourth-order valence-electron chi connectivity index (χ4n) is 2.39. The van der Waals surface area contributed by atoms with E-state index in [0.29, 0.717) is 5.75 Å². The van der Waals surface area contributed by atoms with E-state index in [1.807, 2.05) is 24.3 Å². The molecule has 6 nitrogen and oxygen atoms in total. The van der Waals surface area contributed by atoms with Crippen molar-refractivity contribution in [2.75, 3.05) is 32.8 Å². The highest BCUT2D eigenvalue weighted by Gasteiger charge is 2.15. The van der Waals surface area contributed by atoms with E-state index in [4.69, 9.17) is 4.74 Å². The lowest BCUT2D eigenvalue weighted by atomic mass is 10.3. The summed E-state index contributed by atoms with van der Waals surface area (Å²) in [7, 11) is 0. The van der Waals surface area contributed by atoms with E-state index in [9.17, 15) is 14.7 Å². The van der Waals surface area contributed by atoms with Gasteiger partial charge in [0.15, 0.2) is 0 Å². The number of likely N-dealkylation sites (tertiary alicyclic amines) is 1. The highest BCUT2D eigenvalue weighted by atomic mass is 127. The number of amides is 2. The maximum atomic E-state index is 11.9. The molecular weight excluding hydrogens is 423 g/mol. The van der Waals surface area contributed by atoms with E-state index < -0.39 is 6.09 Å². The summed E-state index contributed by atoms with van der Waals surface area (Å²) in [5, 5.41) is 9.22. The summed E-state index contributed by atoms with van der Waals surface area (Å²) in [5.74, 6) is 0.661. The fourth-order valence-corrected chi connectivity index (χ4v) is 2.75. The van der Waals surface area contributed by atoms with Gasteiger partial charge in [-0.15, -0.1) is 0 Å². The normalized spacial score (nSPS) is 14.1. The lowest BCUT2D eigenvalue weighted by molar-refractivity contribution is -0.125. The first-order chi connectivity index (χ1) is 11.6. The van der Waals surface area contributed by atoms with E-state index in [-0.39, 0.29) is 25.6 Å². The van der Waals surface area contributed by atoms with Crippen LogP contribution in [0.25, 0.3) is 0 Å².